The van der Waals surface area contributed by atoms with Gasteiger partial charge in [-0.3, -0.25) is 0 Å². The fourth-order valence-corrected chi connectivity index (χ4v) is 4.00. The van der Waals surface area contributed by atoms with Crippen LogP contribution < -0.4 is 14.2 Å². The second-order valence-electron chi connectivity index (χ2n) is 12.4. The summed E-state index contributed by atoms with van der Waals surface area (Å²) >= 11 is 0. The van der Waals surface area contributed by atoms with Gasteiger partial charge in [0.25, 0.3) is 0 Å². The average Bonchev–Trinajstić information content (AvgIpc) is 3.14. The second kappa shape index (κ2) is 25.9. The van der Waals surface area contributed by atoms with Crippen LogP contribution in [0.2, 0.25) is 0 Å². The molecule has 48 heavy (non-hydrogen) atoms. The minimum Gasteiger partial charge on any atom is -0.493 e. The number of aliphatic hydroxyl groups is 1. The van der Waals surface area contributed by atoms with Gasteiger partial charge >= 0.3 is 0 Å². The number of methoxy groups -OCH3 is 1. The summed E-state index contributed by atoms with van der Waals surface area (Å²) in [6.45, 7) is 24.9. The summed E-state index contributed by atoms with van der Waals surface area (Å²) in [6, 6.07) is 24.9. The molecule has 1 N–H and O–H groups in total. The first-order valence-corrected chi connectivity index (χ1v) is 18.0. The number of ether oxygens (including phenoxy) is 5. The maximum absolute atomic E-state index is 8.47. The molecule has 0 unspecified atom stereocenters. The maximum atomic E-state index is 8.47. The Morgan fingerprint density at radius 3 is 1.08 bits per heavy atom. The van der Waals surface area contributed by atoms with Gasteiger partial charge in [-0.05, 0) is 92.1 Å². The van der Waals surface area contributed by atoms with E-state index in [4.69, 9.17) is 28.8 Å². The number of aryl methyl sites for hydroxylation is 3. The summed E-state index contributed by atoms with van der Waals surface area (Å²) < 4.78 is 30.0. The van der Waals surface area contributed by atoms with Gasteiger partial charge in [0.15, 0.2) is 0 Å². The molecule has 0 amide bonds. The van der Waals surface area contributed by atoms with Crippen molar-refractivity contribution in [3.8, 4) is 17.2 Å². The first-order chi connectivity index (χ1) is 23.1. The zero-order valence-corrected chi connectivity index (χ0v) is 32.4. The van der Waals surface area contributed by atoms with Crippen LogP contribution >= 0.6 is 0 Å². The van der Waals surface area contributed by atoms with E-state index in [0.29, 0.717) is 39.0 Å². The van der Waals surface area contributed by atoms with Crippen LogP contribution in [0.4, 0.5) is 0 Å². The van der Waals surface area contributed by atoms with E-state index in [-0.39, 0.29) is 12.2 Å². The van der Waals surface area contributed by atoms with E-state index < -0.39 is 5.41 Å². The Balaban J connectivity index is 0.00000176. The summed E-state index contributed by atoms with van der Waals surface area (Å²) in [4.78, 5) is 0. The van der Waals surface area contributed by atoms with Crippen molar-refractivity contribution in [3.63, 3.8) is 0 Å². The predicted molar refractivity (Wildman–Crippen MR) is 203 cm³/mol. The molecule has 0 bridgehead atoms. The number of rotatable bonds is 18. The SMILES string of the molecule is CC.CC.CCc1ccc(OCC(COCC(C)C)(COc2ccc(CC)cc2)COc2ccc(CC)cc2)cc1.COC(C)(C)CO. The Hall–Kier alpha value is -3.06. The zero-order chi connectivity index (χ0) is 36.4. The van der Waals surface area contributed by atoms with Crippen LogP contribution in [0.15, 0.2) is 72.8 Å². The number of hydrogen-bond donors (Lipinski definition) is 1. The van der Waals surface area contributed by atoms with Gasteiger partial charge in [0.2, 0.25) is 0 Å². The van der Waals surface area contributed by atoms with Crippen LogP contribution in [-0.2, 0) is 28.7 Å². The Labute approximate surface area is 294 Å². The maximum Gasteiger partial charge on any atom is 0.119 e. The summed E-state index contributed by atoms with van der Waals surface area (Å²) in [6.07, 6.45) is 3.01. The van der Waals surface area contributed by atoms with Crippen molar-refractivity contribution in [2.75, 3.05) is 46.8 Å². The summed E-state index contributed by atoms with van der Waals surface area (Å²) in [5.74, 6) is 2.95. The van der Waals surface area contributed by atoms with E-state index in [0.717, 1.165) is 36.5 Å². The Bertz CT molecular complexity index is 1020. The molecule has 0 heterocycles. The highest BCUT2D eigenvalue weighted by Crippen LogP contribution is 2.26. The van der Waals surface area contributed by atoms with Gasteiger partial charge in [-0.2, -0.15) is 0 Å². The third kappa shape index (κ3) is 18.5. The minimum atomic E-state index is -0.509. The van der Waals surface area contributed by atoms with Crippen molar-refractivity contribution in [1.29, 1.82) is 0 Å². The van der Waals surface area contributed by atoms with Crippen LogP contribution in [0.3, 0.4) is 0 Å². The normalized spacial score (nSPS) is 10.9. The molecule has 6 heteroatoms. The van der Waals surface area contributed by atoms with Crippen LogP contribution in [-0.4, -0.2) is 57.5 Å². The number of benzene rings is 3. The molecule has 0 aromatic heterocycles. The van der Waals surface area contributed by atoms with E-state index in [9.17, 15) is 0 Å². The molecular weight excluding hydrogens is 600 g/mol. The Morgan fingerprint density at radius 2 is 0.875 bits per heavy atom. The van der Waals surface area contributed by atoms with Crippen molar-refractivity contribution in [2.45, 2.75) is 101 Å². The van der Waals surface area contributed by atoms with Gasteiger partial charge in [-0.25, -0.2) is 0 Å². The molecule has 0 saturated heterocycles. The minimum absolute atomic E-state index is 0.0729. The highest BCUT2D eigenvalue weighted by molar-refractivity contribution is 5.29. The molecule has 0 radical (unpaired) electrons. The molecule has 272 valence electrons. The van der Waals surface area contributed by atoms with Gasteiger partial charge in [-0.15, -0.1) is 0 Å². The van der Waals surface area contributed by atoms with Crippen molar-refractivity contribution in [1.82, 2.24) is 0 Å². The molecule has 0 aliphatic heterocycles. The van der Waals surface area contributed by atoms with Gasteiger partial charge in [-0.1, -0.05) is 98.7 Å². The zero-order valence-electron chi connectivity index (χ0n) is 32.4. The topological polar surface area (TPSA) is 66.4 Å². The number of hydrogen-bond acceptors (Lipinski definition) is 6. The molecule has 3 aromatic rings. The fourth-order valence-electron chi connectivity index (χ4n) is 4.00. The lowest BCUT2D eigenvalue weighted by Gasteiger charge is -2.33. The van der Waals surface area contributed by atoms with Crippen molar-refractivity contribution in [3.05, 3.63) is 89.5 Å². The predicted octanol–water partition coefficient (Wildman–Crippen LogP) is 10.0. The summed E-state index contributed by atoms with van der Waals surface area (Å²) in [5, 5.41) is 8.47. The third-order valence-corrected chi connectivity index (χ3v) is 7.42. The molecule has 0 atom stereocenters. The van der Waals surface area contributed by atoms with Crippen molar-refractivity contribution >= 4 is 0 Å². The molecular formula is C42H68O6. The average molecular weight is 669 g/mol. The van der Waals surface area contributed by atoms with Gasteiger partial charge in [0.1, 0.15) is 37.1 Å². The lowest BCUT2D eigenvalue weighted by atomic mass is 9.92. The van der Waals surface area contributed by atoms with Gasteiger partial charge in [0.05, 0.1) is 24.2 Å². The molecule has 6 nitrogen and oxygen atoms in total. The quantitative estimate of drug-likeness (QED) is 0.146. The molecule has 0 spiro atoms. The van der Waals surface area contributed by atoms with Crippen molar-refractivity contribution < 1.29 is 28.8 Å². The smallest absolute Gasteiger partial charge is 0.119 e. The van der Waals surface area contributed by atoms with Gasteiger partial charge < -0.3 is 28.8 Å². The number of aliphatic hydroxyl groups excluding tert-OH is 1. The largest absolute Gasteiger partial charge is 0.493 e. The van der Waals surface area contributed by atoms with E-state index in [1.54, 1.807) is 7.11 Å². The molecule has 0 fully saturated rings. The lowest BCUT2D eigenvalue weighted by molar-refractivity contribution is -0.0456. The fraction of sp³-hybridized carbons (Fsp3) is 0.571. The second-order valence-corrected chi connectivity index (χ2v) is 12.4. The molecule has 0 aliphatic carbocycles. The molecule has 3 rings (SSSR count). The van der Waals surface area contributed by atoms with E-state index in [1.807, 2.05) is 77.9 Å². The summed E-state index contributed by atoms with van der Waals surface area (Å²) in [7, 11) is 1.58. The highest BCUT2D eigenvalue weighted by Gasteiger charge is 2.35. The van der Waals surface area contributed by atoms with Crippen LogP contribution in [0.1, 0.15) is 92.9 Å². The van der Waals surface area contributed by atoms with Crippen LogP contribution in [0.25, 0.3) is 0 Å². The molecule has 0 aliphatic rings. The summed E-state index contributed by atoms with van der Waals surface area (Å²) in [5.41, 5.74) is 3.00. The van der Waals surface area contributed by atoms with Gasteiger partial charge in [0, 0.05) is 13.7 Å². The monoisotopic (exact) mass is 669 g/mol. The first kappa shape index (κ1) is 44.9. The van der Waals surface area contributed by atoms with E-state index in [1.165, 1.54) is 16.7 Å². The van der Waals surface area contributed by atoms with E-state index in [2.05, 4.69) is 71.0 Å². The third-order valence-electron chi connectivity index (χ3n) is 7.42. The van der Waals surface area contributed by atoms with E-state index >= 15 is 0 Å². The Morgan fingerprint density at radius 1 is 0.562 bits per heavy atom. The molecule has 3 aromatic carbocycles. The Kier molecular flexibility index (Phi) is 24.2. The standard InChI is InChI=1S/C33H44O4.C5H12O2.2C2H6/c1-6-27-9-15-30(16-10-27)35-23-33(22-34-21-26(4)5,24-36-31-17-11-28(7-2)12-18-31)25-37-32-19-13-29(8-3)14-20-32;1-5(2,4-6)7-3;2*1-2/h9-20,26H,6-8,21-25H2,1-5H3;6H,4H2,1-3H3;2*1-2H3. The van der Waals surface area contributed by atoms with Crippen LogP contribution in [0.5, 0.6) is 17.2 Å². The van der Waals surface area contributed by atoms with Crippen LogP contribution in [0, 0.1) is 11.3 Å². The van der Waals surface area contributed by atoms with Crippen molar-refractivity contribution in [2.24, 2.45) is 11.3 Å². The lowest BCUT2D eigenvalue weighted by Crippen LogP contribution is -2.44. The highest BCUT2D eigenvalue weighted by atomic mass is 16.5. The first-order valence-electron chi connectivity index (χ1n) is 18.0. The molecule has 0 saturated carbocycles.